The Labute approximate surface area is 64.9 Å². The first-order valence-electron chi connectivity index (χ1n) is 2.72. The van der Waals surface area contributed by atoms with E-state index >= 15 is 0 Å². The molecule has 0 N–H and O–H groups in total. The van der Waals surface area contributed by atoms with Crippen LogP contribution in [-0.4, -0.2) is 11.5 Å². The smallest absolute Gasteiger partial charge is 0.253 e. The second-order valence-electron chi connectivity index (χ2n) is 1.47. The van der Waals surface area contributed by atoms with E-state index < -0.39 is 5.24 Å². The van der Waals surface area contributed by atoms with E-state index in [1.54, 1.807) is 13.1 Å². The molecule has 10 heavy (non-hydrogen) atoms. The highest BCUT2D eigenvalue weighted by molar-refractivity contribution is 6.68. The van der Waals surface area contributed by atoms with Gasteiger partial charge >= 0.3 is 0 Å². The van der Waals surface area contributed by atoms with E-state index in [9.17, 15) is 4.79 Å². The second-order valence-corrected chi connectivity index (χ2v) is 1.81. The Bertz CT molecular complexity index is 194. The monoisotopic (exact) mass is 157 g/mol. The molecule has 0 rings (SSSR count). The molecule has 0 atom stereocenters. The number of aliphatic imine (C=N–C) groups is 1. The van der Waals surface area contributed by atoms with Crippen LogP contribution in [0, 0.1) is 0 Å². The van der Waals surface area contributed by atoms with Gasteiger partial charge in [0.1, 0.15) is 0 Å². The molecule has 3 heteroatoms. The van der Waals surface area contributed by atoms with Gasteiger partial charge in [0.05, 0.1) is 5.57 Å². The predicted octanol–water partition coefficient (Wildman–Crippen LogP) is 1.91. The molecule has 0 radical (unpaired) electrons. The van der Waals surface area contributed by atoms with E-state index in [-0.39, 0.29) is 0 Å². The maximum absolute atomic E-state index is 10.4. The standard InChI is InChI=1S/C7H8ClNO/c1-3-6(7(8)10)5-9-4-2/h3-5H,1H2,2H3/b6-5+,9-4-. The van der Waals surface area contributed by atoms with Crippen LogP contribution in [0.1, 0.15) is 6.92 Å². The average molecular weight is 158 g/mol. The number of rotatable bonds is 3. The zero-order valence-corrected chi connectivity index (χ0v) is 6.43. The average Bonchev–Trinajstić information content (AvgIpc) is 1.89. The number of allylic oxidation sites excluding steroid dienone is 2. The lowest BCUT2D eigenvalue weighted by Crippen LogP contribution is -1.87. The Morgan fingerprint density at radius 3 is 2.60 bits per heavy atom. The Morgan fingerprint density at radius 1 is 1.70 bits per heavy atom. The normalized spacial score (nSPS) is 12.0. The Morgan fingerprint density at radius 2 is 2.30 bits per heavy atom. The fraction of sp³-hybridized carbons (Fsp3) is 0.143. The van der Waals surface area contributed by atoms with Gasteiger partial charge in [-0.2, -0.15) is 0 Å². The SMILES string of the molecule is C=C/C(=C\N=C/C)C(=O)Cl. The Kier molecular flexibility index (Phi) is 4.50. The van der Waals surface area contributed by atoms with Crippen molar-refractivity contribution in [2.75, 3.05) is 0 Å². The molecule has 54 valence electrons. The van der Waals surface area contributed by atoms with Gasteiger partial charge in [-0.15, -0.1) is 0 Å². The Hall–Kier alpha value is -0.890. The van der Waals surface area contributed by atoms with Crippen LogP contribution in [0.2, 0.25) is 0 Å². The van der Waals surface area contributed by atoms with Crippen molar-refractivity contribution in [2.24, 2.45) is 4.99 Å². The summed E-state index contributed by atoms with van der Waals surface area (Å²) in [6.07, 6.45) is 4.29. The molecule has 0 aromatic heterocycles. The van der Waals surface area contributed by atoms with Crippen molar-refractivity contribution in [1.82, 2.24) is 0 Å². The summed E-state index contributed by atoms with van der Waals surface area (Å²) in [7, 11) is 0. The van der Waals surface area contributed by atoms with E-state index in [2.05, 4.69) is 11.6 Å². The number of hydrogen-bond acceptors (Lipinski definition) is 2. The minimum absolute atomic E-state index is 0.305. The van der Waals surface area contributed by atoms with Gasteiger partial charge in [0, 0.05) is 12.4 Å². The maximum atomic E-state index is 10.4. The van der Waals surface area contributed by atoms with Gasteiger partial charge in [0.25, 0.3) is 5.24 Å². The van der Waals surface area contributed by atoms with Crippen LogP contribution in [0.5, 0.6) is 0 Å². The van der Waals surface area contributed by atoms with Gasteiger partial charge in [-0.05, 0) is 18.5 Å². The second kappa shape index (κ2) is 4.94. The van der Waals surface area contributed by atoms with Crippen LogP contribution >= 0.6 is 11.6 Å². The minimum Gasteiger partial charge on any atom is -0.276 e. The summed E-state index contributed by atoms with van der Waals surface area (Å²) in [5.74, 6) is 0. The molecule has 0 heterocycles. The van der Waals surface area contributed by atoms with E-state index in [0.717, 1.165) is 0 Å². The van der Waals surface area contributed by atoms with Gasteiger partial charge in [-0.1, -0.05) is 12.7 Å². The molecule has 0 aliphatic heterocycles. The third-order valence-corrected chi connectivity index (χ3v) is 1.03. The Balaban J connectivity index is 4.33. The number of nitrogens with zero attached hydrogens (tertiary/aromatic N) is 1. The zero-order valence-electron chi connectivity index (χ0n) is 5.67. The highest BCUT2D eigenvalue weighted by Crippen LogP contribution is 2.00. The third kappa shape index (κ3) is 3.20. The molecular weight excluding hydrogens is 150 g/mol. The van der Waals surface area contributed by atoms with Crippen molar-refractivity contribution in [3.8, 4) is 0 Å². The van der Waals surface area contributed by atoms with Gasteiger partial charge in [-0.25, -0.2) is 0 Å². The summed E-state index contributed by atoms with van der Waals surface area (Å²) in [4.78, 5) is 14.1. The molecule has 0 fully saturated rings. The van der Waals surface area contributed by atoms with Gasteiger partial charge in [0.15, 0.2) is 0 Å². The molecule has 0 bridgehead atoms. The van der Waals surface area contributed by atoms with Crippen molar-refractivity contribution < 1.29 is 4.79 Å². The predicted molar refractivity (Wildman–Crippen MR) is 43.3 cm³/mol. The minimum atomic E-state index is -0.541. The molecule has 0 aliphatic rings. The third-order valence-electron chi connectivity index (χ3n) is 0.810. The quantitative estimate of drug-likeness (QED) is 0.266. The lowest BCUT2D eigenvalue weighted by atomic mass is 10.3. The topological polar surface area (TPSA) is 29.4 Å². The van der Waals surface area contributed by atoms with Crippen molar-refractivity contribution in [3.63, 3.8) is 0 Å². The molecule has 0 aromatic carbocycles. The van der Waals surface area contributed by atoms with E-state index in [0.29, 0.717) is 5.57 Å². The lowest BCUT2D eigenvalue weighted by Gasteiger charge is -1.86. The highest BCUT2D eigenvalue weighted by atomic mass is 35.5. The number of carbonyl (C=O) groups excluding carboxylic acids is 1. The van der Waals surface area contributed by atoms with Crippen molar-refractivity contribution in [2.45, 2.75) is 6.92 Å². The van der Waals surface area contributed by atoms with Crippen LogP contribution in [0.25, 0.3) is 0 Å². The maximum Gasteiger partial charge on any atom is 0.253 e. The lowest BCUT2D eigenvalue weighted by molar-refractivity contribution is -0.108. The van der Waals surface area contributed by atoms with E-state index in [4.69, 9.17) is 11.6 Å². The molecule has 0 unspecified atom stereocenters. The van der Waals surface area contributed by atoms with E-state index in [1.165, 1.54) is 12.3 Å². The molecule has 0 spiro atoms. The number of carbonyl (C=O) groups is 1. The molecule has 0 aromatic rings. The van der Waals surface area contributed by atoms with Crippen LogP contribution in [-0.2, 0) is 4.79 Å². The van der Waals surface area contributed by atoms with Gasteiger partial charge in [0.2, 0.25) is 0 Å². The summed E-state index contributed by atoms with van der Waals surface area (Å²) >= 11 is 5.13. The van der Waals surface area contributed by atoms with Crippen LogP contribution in [0.3, 0.4) is 0 Å². The van der Waals surface area contributed by atoms with Gasteiger partial charge < -0.3 is 0 Å². The summed E-state index contributed by atoms with van der Waals surface area (Å²) in [5.41, 5.74) is 0.305. The largest absolute Gasteiger partial charge is 0.276 e. The van der Waals surface area contributed by atoms with Crippen molar-refractivity contribution >= 4 is 23.1 Å². The summed E-state index contributed by atoms with van der Waals surface area (Å²) in [5, 5.41) is -0.541. The fourth-order valence-corrected chi connectivity index (χ4v) is 0.464. The first-order chi connectivity index (χ1) is 4.72. The first-order valence-corrected chi connectivity index (χ1v) is 3.10. The van der Waals surface area contributed by atoms with Crippen LogP contribution in [0.15, 0.2) is 29.4 Å². The summed E-state index contributed by atoms with van der Waals surface area (Å²) in [6.45, 7) is 5.13. The summed E-state index contributed by atoms with van der Waals surface area (Å²) in [6, 6.07) is 0. The fourth-order valence-electron chi connectivity index (χ4n) is 0.339. The van der Waals surface area contributed by atoms with Crippen molar-refractivity contribution in [3.05, 3.63) is 24.4 Å². The summed E-state index contributed by atoms with van der Waals surface area (Å²) < 4.78 is 0. The zero-order chi connectivity index (χ0) is 7.98. The molecule has 0 saturated heterocycles. The van der Waals surface area contributed by atoms with E-state index in [1.807, 2.05) is 0 Å². The molecule has 2 nitrogen and oxygen atoms in total. The highest BCUT2D eigenvalue weighted by Gasteiger charge is 1.97. The molecule has 0 aliphatic carbocycles. The molecular formula is C7H8ClNO. The first kappa shape index (κ1) is 9.11. The van der Waals surface area contributed by atoms with Gasteiger partial charge in [-0.3, -0.25) is 9.79 Å². The van der Waals surface area contributed by atoms with Crippen molar-refractivity contribution in [1.29, 1.82) is 0 Å². The molecule has 0 saturated carbocycles. The molecule has 0 amide bonds. The number of hydrogen-bond donors (Lipinski definition) is 0. The van der Waals surface area contributed by atoms with Crippen LogP contribution in [0.4, 0.5) is 0 Å². The van der Waals surface area contributed by atoms with Crippen LogP contribution < -0.4 is 0 Å². The number of halogens is 1.